The summed E-state index contributed by atoms with van der Waals surface area (Å²) >= 11 is 0. The fourth-order valence-corrected chi connectivity index (χ4v) is 8.45. The maximum Gasteiger partial charge on any atom is 0.190 e. The van der Waals surface area contributed by atoms with Gasteiger partial charge >= 0.3 is 0 Å². The largest absolute Gasteiger partial charge is 0.507 e. The molecule has 0 saturated heterocycles. The summed E-state index contributed by atoms with van der Waals surface area (Å²) in [6.07, 6.45) is 0.498. The number of aliphatic hydroxyl groups is 1. The number of carbonyl (C=O) groups is 6. The number of hydrogen-bond donors (Lipinski definition) is 2. The normalized spacial score (nSPS) is 32.3. The molecule has 0 aromatic heterocycles. The number of carbonyl (C=O) groups excluding carboxylic acids is 6. The van der Waals surface area contributed by atoms with E-state index in [1.54, 1.807) is 65.0 Å². The quantitative estimate of drug-likeness (QED) is 0.398. The van der Waals surface area contributed by atoms with Gasteiger partial charge in [-0.25, -0.2) is 0 Å². The van der Waals surface area contributed by atoms with Gasteiger partial charge in [0.2, 0.25) is 0 Å². The van der Waals surface area contributed by atoms with Crippen LogP contribution in [0, 0.1) is 34.5 Å². The van der Waals surface area contributed by atoms with E-state index in [1.807, 2.05) is 0 Å². The molecule has 2 N–H and O–H groups in total. The van der Waals surface area contributed by atoms with Crippen LogP contribution >= 0.6 is 0 Å². The van der Waals surface area contributed by atoms with E-state index in [2.05, 4.69) is 0 Å². The van der Waals surface area contributed by atoms with Crippen LogP contribution in [0.2, 0.25) is 0 Å². The molecular weight excluding hydrogens is 536 g/mol. The summed E-state index contributed by atoms with van der Waals surface area (Å²) < 4.78 is 0. The zero-order chi connectivity index (χ0) is 31.1. The third kappa shape index (κ3) is 3.77. The third-order valence-electron chi connectivity index (χ3n) is 10.1. The number of phenols is 1. The van der Waals surface area contributed by atoms with Gasteiger partial charge in [0.05, 0.1) is 11.5 Å². The molecule has 0 radical (unpaired) electrons. The van der Waals surface area contributed by atoms with Gasteiger partial charge in [-0.3, -0.25) is 28.8 Å². The molecule has 8 nitrogen and oxygen atoms in total. The van der Waals surface area contributed by atoms with Crippen molar-refractivity contribution < 1.29 is 39.0 Å². The van der Waals surface area contributed by atoms with Crippen LogP contribution in [0.15, 0.2) is 36.4 Å². The van der Waals surface area contributed by atoms with Gasteiger partial charge in [0.15, 0.2) is 34.5 Å². The second kappa shape index (κ2) is 9.63. The van der Waals surface area contributed by atoms with Gasteiger partial charge in [-0.2, -0.15) is 0 Å². The summed E-state index contributed by atoms with van der Waals surface area (Å²) in [5.41, 5.74) is -3.02. The molecule has 0 amide bonds. The Morgan fingerprint density at radius 1 is 0.976 bits per heavy atom. The van der Waals surface area contributed by atoms with Gasteiger partial charge < -0.3 is 10.2 Å². The van der Waals surface area contributed by atoms with Crippen molar-refractivity contribution in [2.75, 3.05) is 0 Å². The first-order valence-corrected chi connectivity index (χ1v) is 14.4. The number of aromatic hydroxyl groups is 1. The topological polar surface area (TPSA) is 143 Å². The Labute approximate surface area is 244 Å². The smallest absolute Gasteiger partial charge is 0.190 e. The van der Waals surface area contributed by atoms with E-state index in [4.69, 9.17) is 0 Å². The Balaban J connectivity index is 1.70. The second-order valence-corrected chi connectivity index (χ2v) is 13.2. The molecule has 3 aliphatic rings. The van der Waals surface area contributed by atoms with Crippen LogP contribution in [0.3, 0.4) is 0 Å². The van der Waals surface area contributed by atoms with Crippen LogP contribution in [0.5, 0.6) is 5.75 Å². The molecule has 2 saturated carbocycles. The first-order valence-electron chi connectivity index (χ1n) is 14.4. The Morgan fingerprint density at radius 2 is 1.60 bits per heavy atom. The SMILES string of the molecule is CCC(=O)c1ccc(-c2ccc(O)c3c2C[C@]2(C)C[C@]4(C)C(C(C)C)C(=O)C(C(C)=O)C(=O)[C@]4(O)C(=O)C2C3=O)cc1. The van der Waals surface area contributed by atoms with Crippen LogP contribution in [-0.2, 0) is 25.6 Å². The summed E-state index contributed by atoms with van der Waals surface area (Å²) in [6, 6.07) is 10.0. The van der Waals surface area contributed by atoms with Crippen LogP contribution in [-0.4, -0.2) is 50.5 Å². The van der Waals surface area contributed by atoms with Crippen LogP contribution in [0.1, 0.15) is 80.7 Å². The van der Waals surface area contributed by atoms with Crippen molar-refractivity contribution in [1.29, 1.82) is 0 Å². The van der Waals surface area contributed by atoms with E-state index < -0.39 is 69.0 Å². The van der Waals surface area contributed by atoms with Gasteiger partial charge in [-0.1, -0.05) is 65.0 Å². The molecule has 6 atom stereocenters. The number of phenolic OH excluding ortho intramolecular Hbond substituents is 1. The molecule has 220 valence electrons. The Hall–Kier alpha value is -3.78. The number of hydrogen-bond acceptors (Lipinski definition) is 8. The minimum absolute atomic E-state index is 0.00967. The van der Waals surface area contributed by atoms with Crippen molar-refractivity contribution in [2.24, 2.45) is 34.5 Å². The molecule has 0 aliphatic heterocycles. The highest BCUT2D eigenvalue weighted by atomic mass is 16.3. The molecule has 0 spiro atoms. The highest BCUT2D eigenvalue weighted by Gasteiger charge is 2.76. The lowest BCUT2D eigenvalue weighted by Crippen LogP contribution is -2.76. The molecule has 3 unspecified atom stereocenters. The van der Waals surface area contributed by atoms with Crippen LogP contribution in [0.25, 0.3) is 11.1 Å². The molecule has 2 fully saturated rings. The van der Waals surface area contributed by atoms with E-state index in [0.29, 0.717) is 28.7 Å². The molecule has 42 heavy (non-hydrogen) atoms. The predicted molar refractivity (Wildman–Crippen MR) is 153 cm³/mol. The average Bonchev–Trinajstić information content (AvgIpc) is 2.90. The first kappa shape index (κ1) is 29.7. The number of ketones is 6. The maximum atomic E-state index is 14.4. The van der Waals surface area contributed by atoms with Crippen molar-refractivity contribution in [3.8, 4) is 16.9 Å². The third-order valence-corrected chi connectivity index (χ3v) is 10.1. The van der Waals surface area contributed by atoms with Crippen molar-refractivity contribution in [3.05, 3.63) is 53.1 Å². The zero-order valence-corrected chi connectivity index (χ0v) is 24.7. The van der Waals surface area contributed by atoms with E-state index in [1.165, 1.54) is 6.07 Å². The summed E-state index contributed by atoms with van der Waals surface area (Å²) in [5, 5.41) is 23.0. The summed E-state index contributed by atoms with van der Waals surface area (Å²) in [5.74, 6) is -9.21. The average molecular weight is 573 g/mol. The van der Waals surface area contributed by atoms with Gasteiger partial charge in [0.25, 0.3) is 0 Å². The van der Waals surface area contributed by atoms with Gasteiger partial charge in [0.1, 0.15) is 17.5 Å². The van der Waals surface area contributed by atoms with Gasteiger partial charge in [-0.15, -0.1) is 0 Å². The molecule has 0 bridgehead atoms. The minimum atomic E-state index is -2.72. The van der Waals surface area contributed by atoms with Crippen molar-refractivity contribution in [1.82, 2.24) is 0 Å². The molecule has 2 aromatic rings. The standard InChI is InChI=1S/C34H36O8/c1-7-22(36)19-10-8-18(9-11-19)20-12-13-23(37)25-21(20)14-32(5)15-33(6)26(16(2)3)28(38)24(17(4)35)30(40)34(33,42)31(41)27(32)29(25)39/h8-13,16,24,26-27,37,42H,7,14-15H2,1-6H3/t24?,26?,27?,32-,33-,34+/m1/s1. The lowest BCUT2D eigenvalue weighted by atomic mass is 9.40. The van der Waals surface area contributed by atoms with E-state index in [9.17, 15) is 39.0 Å². The zero-order valence-electron chi connectivity index (χ0n) is 24.7. The van der Waals surface area contributed by atoms with E-state index in [-0.39, 0.29) is 29.9 Å². The fourth-order valence-electron chi connectivity index (χ4n) is 8.45. The summed E-state index contributed by atoms with van der Waals surface area (Å²) in [7, 11) is 0. The number of Topliss-reactive ketones (excluding diaryl/α,β-unsaturated/α-hetero) is 6. The minimum Gasteiger partial charge on any atom is -0.507 e. The van der Waals surface area contributed by atoms with Crippen molar-refractivity contribution >= 4 is 34.7 Å². The molecular formula is C34H36O8. The van der Waals surface area contributed by atoms with Crippen LogP contribution in [0.4, 0.5) is 0 Å². The Morgan fingerprint density at radius 3 is 2.14 bits per heavy atom. The number of benzene rings is 2. The first-order chi connectivity index (χ1) is 19.5. The Bertz CT molecular complexity index is 1580. The molecule has 5 rings (SSSR count). The van der Waals surface area contributed by atoms with Crippen molar-refractivity contribution in [2.45, 2.75) is 66.4 Å². The Kier molecular flexibility index (Phi) is 6.81. The molecule has 2 aromatic carbocycles. The lowest BCUT2D eigenvalue weighted by molar-refractivity contribution is -0.205. The van der Waals surface area contributed by atoms with Gasteiger partial charge in [0, 0.05) is 23.3 Å². The highest BCUT2D eigenvalue weighted by molar-refractivity contribution is 6.32. The molecule has 0 heterocycles. The highest BCUT2D eigenvalue weighted by Crippen LogP contribution is 2.64. The molecule has 3 aliphatic carbocycles. The van der Waals surface area contributed by atoms with Crippen LogP contribution < -0.4 is 0 Å². The van der Waals surface area contributed by atoms with Gasteiger partial charge in [-0.05, 0) is 53.9 Å². The summed E-state index contributed by atoms with van der Waals surface area (Å²) in [6.45, 7) is 9.68. The summed E-state index contributed by atoms with van der Waals surface area (Å²) in [4.78, 5) is 80.6. The fraction of sp³-hybridized carbons (Fsp3) is 0.471. The monoisotopic (exact) mass is 572 g/mol. The lowest BCUT2D eigenvalue weighted by Gasteiger charge is -2.61. The van der Waals surface area contributed by atoms with E-state index >= 15 is 0 Å². The van der Waals surface area contributed by atoms with Crippen molar-refractivity contribution in [3.63, 3.8) is 0 Å². The number of fused-ring (bicyclic) bond motifs is 3. The predicted octanol–water partition coefficient (Wildman–Crippen LogP) is 4.35. The van der Waals surface area contributed by atoms with E-state index in [0.717, 1.165) is 6.92 Å². The number of rotatable bonds is 5. The molecule has 8 heteroatoms. The second-order valence-electron chi connectivity index (χ2n) is 13.2. The maximum absolute atomic E-state index is 14.4.